The zero-order chi connectivity index (χ0) is 23.0. The summed E-state index contributed by atoms with van der Waals surface area (Å²) in [6, 6.07) is 12.4. The molecule has 8 heteroatoms. The molecule has 1 aliphatic heterocycles. The van der Waals surface area contributed by atoms with Crippen LogP contribution in [0.15, 0.2) is 61.2 Å². The topological polar surface area (TPSA) is 54.0 Å². The van der Waals surface area contributed by atoms with Gasteiger partial charge in [-0.1, -0.05) is 30.8 Å². The summed E-state index contributed by atoms with van der Waals surface area (Å²) >= 11 is 0. The Morgan fingerprint density at radius 1 is 0.969 bits per heavy atom. The Bertz CT molecular complexity index is 870. The molecule has 0 saturated carbocycles. The molecule has 0 radical (unpaired) electrons. The number of benzene rings is 2. The largest absolute Gasteiger partial charge is 0.494 e. The molecule has 3 rings (SSSR count). The van der Waals surface area contributed by atoms with Gasteiger partial charge in [-0.25, -0.2) is 4.79 Å². The Labute approximate surface area is 184 Å². The quantitative estimate of drug-likeness (QED) is 0.290. The maximum absolute atomic E-state index is 12.7. The van der Waals surface area contributed by atoms with E-state index in [0.717, 1.165) is 35.9 Å². The van der Waals surface area contributed by atoms with E-state index in [-0.39, 0.29) is 5.92 Å². The first-order valence-corrected chi connectivity index (χ1v) is 10.3. The number of carbonyl (C=O) groups excluding carboxylic acids is 1. The number of ether oxygens (including phenoxy) is 4. The maximum atomic E-state index is 12.7. The standard InChI is InChI=1S/C24H25F3O5/c1-2-22(28)30-14-4-3-13-29-21-11-7-17(8-12-21)19-15-31-23(32-16-19)18-5-9-20(10-6-18)24(25,26)27/h2,5-12,19,23H,1,3-4,13-16H2. The highest BCUT2D eigenvalue weighted by atomic mass is 19.4. The molecule has 0 aliphatic carbocycles. The molecule has 2 aromatic carbocycles. The lowest BCUT2D eigenvalue weighted by Crippen LogP contribution is -2.25. The molecule has 0 amide bonds. The second-order valence-corrected chi connectivity index (χ2v) is 7.31. The van der Waals surface area contributed by atoms with Crippen molar-refractivity contribution in [1.82, 2.24) is 0 Å². The van der Waals surface area contributed by atoms with E-state index >= 15 is 0 Å². The summed E-state index contributed by atoms with van der Waals surface area (Å²) in [5, 5.41) is 0. The lowest BCUT2D eigenvalue weighted by Gasteiger charge is -2.30. The van der Waals surface area contributed by atoms with Gasteiger partial charge in [0, 0.05) is 17.6 Å². The lowest BCUT2D eigenvalue weighted by atomic mass is 10.00. The van der Waals surface area contributed by atoms with Crippen molar-refractivity contribution < 1.29 is 36.9 Å². The minimum Gasteiger partial charge on any atom is -0.494 e. The molecular formula is C24H25F3O5. The monoisotopic (exact) mass is 450 g/mol. The van der Waals surface area contributed by atoms with E-state index < -0.39 is 24.0 Å². The minimum atomic E-state index is -4.37. The Kier molecular flexibility index (Phi) is 8.30. The zero-order valence-electron chi connectivity index (χ0n) is 17.5. The molecule has 5 nitrogen and oxygen atoms in total. The van der Waals surface area contributed by atoms with Crippen molar-refractivity contribution in [3.8, 4) is 5.75 Å². The summed E-state index contributed by atoms with van der Waals surface area (Å²) < 4.78 is 60.1. The average molecular weight is 450 g/mol. The van der Waals surface area contributed by atoms with Gasteiger partial charge in [-0.05, 0) is 42.7 Å². The fourth-order valence-corrected chi connectivity index (χ4v) is 3.18. The van der Waals surface area contributed by atoms with Gasteiger partial charge in [-0.2, -0.15) is 13.2 Å². The fraction of sp³-hybridized carbons (Fsp3) is 0.375. The second-order valence-electron chi connectivity index (χ2n) is 7.31. The van der Waals surface area contributed by atoms with Gasteiger partial charge in [0.1, 0.15) is 5.75 Å². The molecule has 1 fully saturated rings. The van der Waals surface area contributed by atoms with Gasteiger partial charge in [-0.3, -0.25) is 0 Å². The average Bonchev–Trinajstić information content (AvgIpc) is 2.81. The van der Waals surface area contributed by atoms with Crippen LogP contribution < -0.4 is 4.74 Å². The van der Waals surface area contributed by atoms with Crippen LogP contribution in [0, 0.1) is 0 Å². The zero-order valence-corrected chi connectivity index (χ0v) is 17.5. The number of rotatable bonds is 9. The third kappa shape index (κ3) is 6.83. The van der Waals surface area contributed by atoms with Crippen molar-refractivity contribution in [1.29, 1.82) is 0 Å². The smallest absolute Gasteiger partial charge is 0.416 e. The summed E-state index contributed by atoms with van der Waals surface area (Å²) in [6.45, 7) is 4.98. The first-order valence-electron chi connectivity index (χ1n) is 10.3. The van der Waals surface area contributed by atoms with Crippen LogP contribution in [0.1, 0.15) is 41.7 Å². The van der Waals surface area contributed by atoms with Gasteiger partial charge in [0.15, 0.2) is 6.29 Å². The summed E-state index contributed by atoms with van der Waals surface area (Å²) in [5.74, 6) is 0.328. The van der Waals surface area contributed by atoms with Crippen LogP contribution in [0.5, 0.6) is 5.75 Å². The van der Waals surface area contributed by atoms with E-state index in [2.05, 4.69) is 6.58 Å². The van der Waals surface area contributed by atoms with Gasteiger partial charge in [0.25, 0.3) is 0 Å². The van der Waals surface area contributed by atoms with Gasteiger partial charge >= 0.3 is 12.1 Å². The minimum absolute atomic E-state index is 0.0225. The number of esters is 1. The van der Waals surface area contributed by atoms with Crippen molar-refractivity contribution in [3.05, 3.63) is 77.9 Å². The van der Waals surface area contributed by atoms with Crippen molar-refractivity contribution in [2.24, 2.45) is 0 Å². The molecule has 0 N–H and O–H groups in total. The van der Waals surface area contributed by atoms with Crippen LogP contribution in [-0.4, -0.2) is 32.4 Å². The van der Waals surface area contributed by atoms with Crippen LogP contribution in [0.2, 0.25) is 0 Å². The van der Waals surface area contributed by atoms with Crippen LogP contribution in [0.3, 0.4) is 0 Å². The summed E-state index contributed by atoms with van der Waals surface area (Å²) in [5.41, 5.74) is 0.882. The predicted molar refractivity (Wildman–Crippen MR) is 111 cm³/mol. The molecular weight excluding hydrogens is 425 g/mol. The molecule has 0 atom stereocenters. The molecule has 0 unspecified atom stereocenters. The molecule has 0 aromatic heterocycles. The van der Waals surface area contributed by atoms with Crippen molar-refractivity contribution >= 4 is 5.97 Å². The normalized spacial score (nSPS) is 18.7. The SMILES string of the molecule is C=CC(=O)OCCCCOc1ccc(C2COC(c3ccc(C(F)(F)F)cc3)OC2)cc1. The Hall–Kier alpha value is -2.84. The van der Waals surface area contributed by atoms with E-state index in [1.165, 1.54) is 12.1 Å². The number of hydrogen-bond donors (Lipinski definition) is 0. The van der Waals surface area contributed by atoms with Crippen molar-refractivity contribution in [2.45, 2.75) is 31.2 Å². The lowest BCUT2D eigenvalue weighted by molar-refractivity contribution is -0.191. The Morgan fingerprint density at radius 2 is 1.56 bits per heavy atom. The number of alkyl halides is 3. The van der Waals surface area contributed by atoms with Gasteiger partial charge < -0.3 is 18.9 Å². The number of halogens is 3. The molecule has 1 aliphatic rings. The molecule has 0 bridgehead atoms. The molecule has 1 heterocycles. The van der Waals surface area contributed by atoms with Gasteiger partial charge in [0.2, 0.25) is 0 Å². The van der Waals surface area contributed by atoms with Crippen molar-refractivity contribution in [3.63, 3.8) is 0 Å². The Balaban J connectivity index is 1.41. The van der Waals surface area contributed by atoms with Crippen LogP contribution in [0.25, 0.3) is 0 Å². The Morgan fingerprint density at radius 3 is 2.16 bits per heavy atom. The van der Waals surface area contributed by atoms with Crippen LogP contribution >= 0.6 is 0 Å². The van der Waals surface area contributed by atoms with E-state index in [9.17, 15) is 18.0 Å². The predicted octanol–water partition coefficient (Wildman–Crippen LogP) is 5.42. The molecule has 2 aromatic rings. The summed E-state index contributed by atoms with van der Waals surface area (Å²) in [7, 11) is 0. The third-order valence-electron chi connectivity index (χ3n) is 4.98. The van der Waals surface area contributed by atoms with Gasteiger partial charge in [-0.15, -0.1) is 0 Å². The highest BCUT2D eigenvalue weighted by Crippen LogP contribution is 2.33. The van der Waals surface area contributed by atoms with E-state index in [0.29, 0.717) is 38.4 Å². The van der Waals surface area contributed by atoms with Crippen LogP contribution in [-0.2, 0) is 25.2 Å². The number of unbranched alkanes of at least 4 members (excludes halogenated alkanes) is 1. The van der Waals surface area contributed by atoms with Gasteiger partial charge in [0.05, 0.1) is 32.0 Å². The highest BCUT2D eigenvalue weighted by Gasteiger charge is 2.31. The first kappa shape index (κ1) is 23.8. The van der Waals surface area contributed by atoms with Crippen molar-refractivity contribution in [2.75, 3.05) is 26.4 Å². The van der Waals surface area contributed by atoms with Crippen LogP contribution in [0.4, 0.5) is 13.2 Å². The molecule has 172 valence electrons. The van der Waals surface area contributed by atoms with E-state index in [1.807, 2.05) is 24.3 Å². The maximum Gasteiger partial charge on any atom is 0.416 e. The molecule has 0 spiro atoms. The third-order valence-corrected chi connectivity index (χ3v) is 4.98. The molecule has 32 heavy (non-hydrogen) atoms. The highest BCUT2D eigenvalue weighted by molar-refractivity contribution is 5.81. The number of carbonyl (C=O) groups is 1. The second kappa shape index (κ2) is 11.2. The fourth-order valence-electron chi connectivity index (χ4n) is 3.18. The van der Waals surface area contributed by atoms with E-state index in [1.54, 1.807) is 0 Å². The molecule has 1 saturated heterocycles. The van der Waals surface area contributed by atoms with E-state index in [4.69, 9.17) is 18.9 Å². The summed E-state index contributed by atoms with van der Waals surface area (Å²) in [6.07, 6.45) is -2.46. The summed E-state index contributed by atoms with van der Waals surface area (Å²) in [4.78, 5) is 10.9. The first-order chi connectivity index (χ1) is 15.4. The number of hydrogen-bond acceptors (Lipinski definition) is 5.